The molecule has 0 radical (unpaired) electrons. The van der Waals surface area contributed by atoms with E-state index < -0.39 is 5.91 Å². The second-order valence-electron chi connectivity index (χ2n) is 7.22. The Morgan fingerprint density at radius 1 is 1.14 bits per heavy atom. The van der Waals surface area contributed by atoms with Crippen LogP contribution in [0.4, 0.5) is 0 Å². The van der Waals surface area contributed by atoms with Crippen molar-refractivity contribution in [3.63, 3.8) is 0 Å². The Labute approximate surface area is 168 Å². The Balaban J connectivity index is 1.60. The summed E-state index contributed by atoms with van der Waals surface area (Å²) in [5.74, 6) is 0.837. The molecule has 0 unspecified atom stereocenters. The molecule has 0 saturated carbocycles. The lowest BCUT2D eigenvalue weighted by atomic mass is 10.1. The molecule has 1 aliphatic rings. The van der Waals surface area contributed by atoms with Crippen LogP contribution in [0.2, 0.25) is 0 Å². The molecule has 4 rings (SSSR count). The number of fused-ring (bicyclic) bond motifs is 1. The third-order valence-corrected chi connectivity index (χ3v) is 5.41. The fourth-order valence-electron chi connectivity index (χ4n) is 3.83. The molecule has 29 heavy (non-hydrogen) atoms. The molecule has 150 valence electrons. The van der Waals surface area contributed by atoms with Crippen molar-refractivity contribution in [3.8, 4) is 11.4 Å². The summed E-state index contributed by atoms with van der Waals surface area (Å²) in [7, 11) is 0. The summed E-state index contributed by atoms with van der Waals surface area (Å²) in [4.78, 5) is 31.2. The number of nitrogens with two attached hydrogens (primary N) is 1. The van der Waals surface area contributed by atoms with Crippen molar-refractivity contribution in [1.29, 1.82) is 0 Å². The van der Waals surface area contributed by atoms with Gasteiger partial charge in [-0.3, -0.25) is 9.59 Å². The van der Waals surface area contributed by atoms with Crippen LogP contribution in [-0.2, 0) is 24.2 Å². The largest absolute Gasteiger partial charge is 0.364 e. The van der Waals surface area contributed by atoms with Crippen LogP contribution in [0.1, 0.15) is 33.2 Å². The smallest absolute Gasteiger partial charge is 0.269 e. The Morgan fingerprint density at radius 2 is 1.90 bits per heavy atom. The van der Waals surface area contributed by atoms with Gasteiger partial charge in [0.25, 0.3) is 5.91 Å². The van der Waals surface area contributed by atoms with Gasteiger partial charge in [0.2, 0.25) is 5.91 Å². The first kappa shape index (κ1) is 18.9. The molecular weight excluding hydrogens is 370 g/mol. The number of amides is 2. The van der Waals surface area contributed by atoms with E-state index in [9.17, 15) is 9.59 Å². The number of carbonyl (C=O) groups excluding carboxylic acids is 2. The van der Waals surface area contributed by atoms with E-state index in [-0.39, 0.29) is 18.0 Å². The molecule has 0 atom stereocenters. The molecule has 3 heterocycles. The predicted molar refractivity (Wildman–Crippen MR) is 106 cm³/mol. The van der Waals surface area contributed by atoms with E-state index in [4.69, 9.17) is 10.3 Å². The van der Waals surface area contributed by atoms with Gasteiger partial charge in [-0.25, -0.2) is 4.98 Å². The molecule has 0 saturated heterocycles. The lowest BCUT2D eigenvalue weighted by Gasteiger charge is -2.20. The molecule has 0 spiro atoms. The van der Waals surface area contributed by atoms with Gasteiger partial charge in [0.15, 0.2) is 0 Å². The highest BCUT2D eigenvalue weighted by Crippen LogP contribution is 2.25. The monoisotopic (exact) mass is 393 g/mol. The molecule has 8 heteroatoms. The lowest BCUT2D eigenvalue weighted by molar-refractivity contribution is -0.130. The van der Waals surface area contributed by atoms with Crippen LogP contribution < -0.4 is 5.73 Å². The van der Waals surface area contributed by atoms with Gasteiger partial charge < -0.3 is 19.7 Å². The van der Waals surface area contributed by atoms with Crippen molar-refractivity contribution >= 4 is 11.8 Å². The quantitative estimate of drug-likeness (QED) is 0.728. The van der Waals surface area contributed by atoms with Crippen LogP contribution in [-0.4, -0.2) is 44.5 Å². The number of rotatable bonds is 4. The number of hydrogen-bond acceptors (Lipinski definition) is 5. The van der Waals surface area contributed by atoms with Crippen LogP contribution in [0.5, 0.6) is 0 Å². The summed E-state index contributed by atoms with van der Waals surface area (Å²) in [6, 6.07) is 9.69. The van der Waals surface area contributed by atoms with Crippen molar-refractivity contribution < 1.29 is 14.1 Å². The highest BCUT2D eigenvalue weighted by Gasteiger charge is 2.27. The van der Waals surface area contributed by atoms with Gasteiger partial charge in [-0.2, -0.15) is 0 Å². The SMILES string of the molecule is Cc1noc(C)c1CC(=O)N1CCc2c(C(N)=O)nc(-c3ccccc3)n2CC1. The van der Waals surface area contributed by atoms with E-state index in [1.54, 1.807) is 0 Å². The average Bonchev–Trinajstić information content (AvgIpc) is 3.14. The van der Waals surface area contributed by atoms with E-state index in [0.717, 1.165) is 22.5 Å². The molecular formula is C21H23N5O3. The number of benzene rings is 1. The second-order valence-corrected chi connectivity index (χ2v) is 7.22. The van der Waals surface area contributed by atoms with E-state index >= 15 is 0 Å². The number of imidazole rings is 1. The van der Waals surface area contributed by atoms with Gasteiger partial charge in [0.1, 0.15) is 17.3 Å². The zero-order chi connectivity index (χ0) is 20.5. The highest BCUT2D eigenvalue weighted by atomic mass is 16.5. The standard InChI is InChI=1S/C21H23N5O3/c1-13-16(14(2)29-24-13)12-18(27)25-9-8-17-19(20(22)28)23-21(26(17)11-10-25)15-6-4-3-5-7-15/h3-7H,8-12H2,1-2H3,(H2,22,28). The third kappa shape index (κ3) is 3.53. The molecule has 2 N–H and O–H groups in total. The molecule has 2 amide bonds. The van der Waals surface area contributed by atoms with Crippen LogP contribution in [0.3, 0.4) is 0 Å². The topological polar surface area (TPSA) is 107 Å². The Bertz CT molecular complexity index is 1050. The molecule has 1 aliphatic heterocycles. The molecule has 0 fully saturated rings. The van der Waals surface area contributed by atoms with Crippen molar-refractivity contribution in [3.05, 3.63) is 58.7 Å². The zero-order valence-corrected chi connectivity index (χ0v) is 16.5. The molecule has 0 bridgehead atoms. The van der Waals surface area contributed by atoms with Crippen LogP contribution in [0.15, 0.2) is 34.9 Å². The van der Waals surface area contributed by atoms with Crippen LogP contribution in [0.25, 0.3) is 11.4 Å². The summed E-state index contributed by atoms with van der Waals surface area (Å²) in [5, 5.41) is 3.92. The Morgan fingerprint density at radius 3 is 2.55 bits per heavy atom. The van der Waals surface area contributed by atoms with E-state index in [0.29, 0.717) is 37.6 Å². The molecule has 0 aliphatic carbocycles. The van der Waals surface area contributed by atoms with Crippen molar-refractivity contribution in [1.82, 2.24) is 19.6 Å². The van der Waals surface area contributed by atoms with E-state index in [2.05, 4.69) is 10.1 Å². The zero-order valence-electron chi connectivity index (χ0n) is 16.5. The first-order valence-corrected chi connectivity index (χ1v) is 9.60. The number of nitrogens with zero attached hydrogens (tertiary/aromatic N) is 4. The molecule has 3 aromatic rings. The minimum absolute atomic E-state index is 0.0139. The normalized spacial score (nSPS) is 13.8. The number of carbonyl (C=O) groups is 2. The second kappa shape index (κ2) is 7.54. The summed E-state index contributed by atoms with van der Waals surface area (Å²) >= 11 is 0. The maximum Gasteiger partial charge on any atom is 0.269 e. The number of aryl methyl sites for hydroxylation is 2. The van der Waals surface area contributed by atoms with Crippen molar-refractivity contribution in [2.24, 2.45) is 5.73 Å². The first-order valence-electron chi connectivity index (χ1n) is 9.60. The lowest BCUT2D eigenvalue weighted by Crippen LogP contribution is -2.35. The Hall–Kier alpha value is -3.42. The van der Waals surface area contributed by atoms with E-state index in [1.807, 2.05) is 53.6 Å². The maximum absolute atomic E-state index is 12.9. The number of hydrogen-bond donors (Lipinski definition) is 1. The van der Waals surface area contributed by atoms with Gasteiger partial charge >= 0.3 is 0 Å². The highest BCUT2D eigenvalue weighted by molar-refractivity contribution is 5.93. The summed E-state index contributed by atoms with van der Waals surface area (Å²) in [5.41, 5.74) is 9.14. The maximum atomic E-state index is 12.9. The van der Waals surface area contributed by atoms with Gasteiger partial charge in [0.05, 0.1) is 17.8 Å². The van der Waals surface area contributed by atoms with Gasteiger partial charge in [0, 0.05) is 37.2 Å². The van der Waals surface area contributed by atoms with Crippen LogP contribution >= 0.6 is 0 Å². The predicted octanol–water partition coefficient (Wildman–Crippen LogP) is 1.88. The van der Waals surface area contributed by atoms with Crippen LogP contribution in [0, 0.1) is 13.8 Å². The van der Waals surface area contributed by atoms with Gasteiger partial charge in [-0.1, -0.05) is 35.5 Å². The third-order valence-electron chi connectivity index (χ3n) is 5.41. The molecule has 8 nitrogen and oxygen atoms in total. The molecule has 1 aromatic carbocycles. The minimum Gasteiger partial charge on any atom is -0.364 e. The number of primary amides is 1. The molecule has 2 aromatic heterocycles. The van der Waals surface area contributed by atoms with Gasteiger partial charge in [-0.05, 0) is 13.8 Å². The Kier molecular flexibility index (Phi) is 4.92. The fourth-order valence-corrected chi connectivity index (χ4v) is 3.83. The van der Waals surface area contributed by atoms with E-state index in [1.165, 1.54) is 0 Å². The minimum atomic E-state index is -0.550. The van der Waals surface area contributed by atoms with Crippen molar-refractivity contribution in [2.45, 2.75) is 33.2 Å². The van der Waals surface area contributed by atoms with Gasteiger partial charge in [-0.15, -0.1) is 0 Å². The summed E-state index contributed by atoms with van der Waals surface area (Å²) in [6.45, 7) is 5.23. The summed E-state index contributed by atoms with van der Waals surface area (Å²) in [6.07, 6.45) is 0.772. The summed E-state index contributed by atoms with van der Waals surface area (Å²) < 4.78 is 7.18. The fraction of sp³-hybridized carbons (Fsp3) is 0.333. The average molecular weight is 393 g/mol. The number of aromatic nitrogens is 3. The van der Waals surface area contributed by atoms with Crippen molar-refractivity contribution in [2.75, 3.05) is 13.1 Å². The first-order chi connectivity index (χ1) is 14.0.